The van der Waals surface area contributed by atoms with Gasteiger partial charge in [-0.25, -0.2) is 0 Å². The molecule has 0 heterocycles. The minimum atomic E-state index is -0.662. The molecule has 160 valence electrons. The summed E-state index contributed by atoms with van der Waals surface area (Å²) in [6.07, 6.45) is 26.4. The summed E-state index contributed by atoms with van der Waals surface area (Å²) in [5, 5.41) is 18.3. The molecule has 0 aromatic carbocycles. The van der Waals surface area contributed by atoms with E-state index < -0.39 is 5.97 Å². The number of carbonyl (C=O) groups is 1. The third kappa shape index (κ3) is 23.1. The first-order chi connectivity index (χ1) is 13.2. The largest absolute Gasteiger partial charge is 0.481 e. The second-order valence-electron chi connectivity index (χ2n) is 8.05. The van der Waals surface area contributed by atoms with Crippen LogP contribution in [0.15, 0.2) is 12.2 Å². The van der Waals surface area contributed by atoms with Gasteiger partial charge in [-0.3, -0.25) is 4.79 Å². The third-order valence-corrected chi connectivity index (χ3v) is 5.32. The van der Waals surface area contributed by atoms with Gasteiger partial charge in [0.1, 0.15) is 0 Å². The molecule has 0 aromatic rings. The average molecular weight is 383 g/mol. The molecule has 0 spiro atoms. The fourth-order valence-electron chi connectivity index (χ4n) is 3.54. The van der Waals surface area contributed by atoms with Crippen LogP contribution in [0, 0.1) is 0 Å². The number of allylic oxidation sites excluding steroid dienone is 1. The van der Waals surface area contributed by atoms with Gasteiger partial charge in [-0.1, -0.05) is 108 Å². The lowest BCUT2D eigenvalue weighted by molar-refractivity contribution is -0.137. The molecule has 1 unspecified atom stereocenters. The Hall–Kier alpha value is -0.830. The standard InChI is InChI=1S/C24H46O3/c1-2-3-20-23(25)21-18-16-14-12-10-8-6-4-5-7-9-11-13-15-17-19-22-24(26)27/h2-3,23,25H,4-22H2,1H3,(H,26,27). The lowest BCUT2D eigenvalue weighted by Crippen LogP contribution is -2.04. The number of hydrogen-bond acceptors (Lipinski definition) is 2. The maximum atomic E-state index is 10.4. The second-order valence-corrected chi connectivity index (χ2v) is 8.05. The minimum absolute atomic E-state index is 0.141. The Labute approximate surface area is 168 Å². The number of unbranched alkanes of at least 4 members (excludes halogenated alkanes) is 15. The first-order valence-corrected chi connectivity index (χ1v) is 11.7. The molecule has 27 heavy (non-hydrogen) atoms. The summed E-state index contributed by atoms with van der Waals surface area (Å²) in [6, 6.07) is 0. The number of aliphatic carboxylic acids is 1. The Morgan fingerprint density at radius 3 is 1.44 bits per heavy atom. The van der Waals surface area contributed by atoms with Gasteiger partial charge in [0.2, 0.25) is 0 Å². The molecule has 0 aliphatic rings. The van der Waals surface area contributed by atoms with Crippen LogP contribution in [0.5, 0.6) is 0 Å². The van der Waals surface area contributed by atoms with Crippen molar-refractivity contribution in [3.8, 4) is 0 Å². The molecule has 0 saturated heterocycles. The van der Waals surface area contributed by atoms with Crippen LogP contribution in [0.3, 0.4) is 0 Å². The van der Waals surface area contributed by atoms with Crippen LogP contribution in [0.25, 0.3) is 0 Å². The van der Waals surface area contributed by atoms with Crippen LogP contribution < -0.4 is 0 Å². The molecule has 0 aliphatic carbocycles. The monoisotopic (exact) mass is 382 g/mol. The van der Waals surface area contributed by atoms with Crippen molar-refractivity contribution >= 4 is 5.97 Å². The number of carboxylic acids is 1. The van der Waals surface area contributed by atoms with Gasteiger partial charge in [-0.05, 0) is 26.2 Å². The molecule has 1 atom stereocenters. The Balaban J connectivity index is 3.08. The zero-order valence-electron chi connectivity index (χ0n) is 18.0. The van der Waals surface area contributed by atoms with Gasteiger partial charge in [0, 0.05) is 6.42 Å². The van der Waals surface area contributed by atoms with Gasteiger partial charge in [-0.15, -0.1) is 0 Å². The van der Waals surface area contributed by atoms with Crippen molar-refractivity contribution in [3.05, 3.63) is 12.2 Å². The topological polar surface area (TPSA) is 57.5 Å². The molecule has 0 bridgehead atoms. The Bertz CT molecular complexity index is 339. The molecule has 0 fully saturated rings. The van der Waals surface area contributed by atoms with Crippen molar-refractivity contribution in [3.63, 3.8) is 0 Å². The lowest BCUT2D eigenvalue weighted by atomic mass is 10.0. The molecule has 2 N–H and O–H groups in total. The van der Waals surface area contributed by atoms with Crippen LogP contribution in [-0.2, 0) is 4.79 Å². The number of aliphatic hydroxyl groups excluding tert-OH is 1. The van der Waals surface area contributed by atoms with Crippen molar-refractivity contribution < 1.29 is 15.0 Å². The van der Waals surface area contributed by atoms with E-state index in [1.807, 2.05) is 13.0 Å². The molecule has 0 radical (unpaired) electrons. The van der Waals surface area contributed by atoms with E-state index in [0.717, 1.165) is 32.1 Å². The SMILES string of the molecule is CC=CCC(O)CCCCCCCCCCCCCCCCCCC(=O)O. The van der Waals surface area contributed by atoms with Gasteiger partial charge < -0.3 is 10.2 Å². The summed E-state index contributed by atoms with van der Waals surface area (Å²) in [5.74, 6) is -0.662. The normalized spacial score (nSPS) is 12.7. The van der Waals surface area contributed by atoms with Gasteiger partial charge >= 0.3 is 5.97 Å². The molecule has 3 heteroatoms. The predicted octanol–water partition coefficient (Wildman–Crippen LogP) is 7.42. The predicted molar refractivity (Wildman–Crippen MR) is 116 cm³/mol. The number of rotatable bonds is 21. The first kappa shape index (κ1) is 26.2. The molecular formula is C24H46O3. The average Bonchev–Trinajstić information content (AvgIpc) is 2.65. The molecule has 0 rings (SSSR count). The van der Waals surface area contributed by atoms with Crippen molar-refractivity contribution in [1.29, 1.82) is 0 Å². The molecule has 0 aliphatic heterocycles. The highest BCUT2D eigenvalue weighted by atomic mass is 16.4. The van der Waals surface area contributed by atoms with E-state index in [-0.39, 0.29) is 6.10 Å². The van der Waals surface area contributed by atoms with Crippen LogP contribution in [-0.4, -0.2) is 22.3 Å². The minimum Gasteiger partial charge on any atom is -0.481 e. The summed E-state index contributed by atoms with van der Waals surface area (Å²) < 4.78 is 0. The summed E-state index contributed by atoms with van der Waals surface area (Å²) in [5.41, 5.74) is 0. The van der Waals surface area contributed by atoms with Crippen LogP contribution in [0.2, 0.25) is 0 Å². The number of aliphatic hydroxyl groups is 1. The molecule has 3 nitrogen and oxygen atoms in total. The van der Waals surface area contributed by atoms with Crippen molar-refractivity contribution in [2.45, 2.75) is 135 Å². The van der Waals surface area contributed by atoms with Gasteiger partial charge in [0.15, 0.2) is 0 Å². The quantitative estimate of drug-likeness (QED) is 0.160. The van der Waals surface area contributed by atoms with E-state index in [4.69, 9.17) is 5.11 Å². The number of carboxylic acid groups (broad SMARTS) is 1. The van der Waals surface area contributed by atoms with E-state index in [0.29, 0.717) is 6.42 Å². The molecule has 0 amide bonds. The summed E-state index contributed by atoms with van der Waals surface area (Å²) in [6.45, 7) is 2.00. The highest BCUT2D eigenvalue weighted by Gasteiger charge is 2.01. The number of hydrogen-bond donors (Lipinski definition) is 2. The maximum absolute atomic E-state index is 10.4. The Kier molecular flexibility index (Phi) is 20.8. The highest BCUT2D eigenvalue weighted by molar-refractivity contribution is 5.66. The summed E-state index contributed by atoms with van der Waals surface area (Å²) in [7, 11) is 0. The van der Waals surface area contributed by atoms with E-state index >= 15 is 0 Å². The van der Waals surface area contributed by atoms with Crippen molar-refractivity contribution in [2.75, 3.05) is 0 Å². The zero-order valence-corrected chi connectivity index (χ0v) is 18.0. The lowest BCUT2D eigenvalue weighted by Gasteiger charge is -2.07. The highest BCUT2D eigenvalue weighted by Crippen LogP contribution is 2.15. The summed E-state index contributed by atoms with van der Waals surface area (Å²) >= 11 is 0. The van der Waals surface area contributed by atoms with E-state index in [9.17, 15) is 9.90 Å². The van der Waals surface area contributed by atoms with Crippen molar-refractivity contribution in [2.24, 2.45) is 0 Å². The Morgan fingerprint density at radius 1 is 0.704 bits per heavy atom. The first-order valence-electron chi connectivity index (χ1n) is 11.7. The Morgan fingerprint density at radius 2 is 1.07 bits per heavy atom. The smallest absolute Gasteiger partial charge is 0.303 e. The van der Waals surface area contributed by atoms with E-state index in [1.165, 1.54) is 83.5 Å². The van der Waals surface area contributed by atoms with Gasteiger partial charge in [0.25, 0.3) is 0 Å². The van der Waals surface area contributed by atoms with Gasteiger partial charge in [-0.2, -0.15) is 0 Å². The molecule has 0 saturated carbocycles. The maximum Gasteiger partial charge on any atom is 0.303 e. The molecule has 0 aromatic heterocycles. The van der Waals surface area contributed by atoms with Crippen LogP contribution >= 0.6 is 0 Å². The van der Waals surface area contributed by atoms with E-state index in [1.54, 1.807) is 0 Å². The van der Waals surface area contributed by atoms with Crippen molar-refractivity contribution in [1.82, 2.24) is 0 Å². The zero-order chi connectivity index (χ0) is 20.0. The van der Waals surface area contributed by atoms with Crippen LogP contribution in [0.4, 0.5) is 0 Å². The van der Waals surface area contributed by atoms with Gasteiger partial charge in [0.05, 0.1) is 6.10 Å². The fourth-order valence-corrected chi connectivity index (χ4v) is 3.54. The summed E-state index contributed by atoms with van der Waals surface area (Å²) in [4.78, 5) is 10.4. The second kappa shape index (κ2) is 21.5. The fraction of sp³-hybridized carbons (Fsp3) is 0.875. The van der Waals surface area contributed by atoms with E-state index in [2.05, 4.69) is 6.08 Å². The third-order valence-electron chi connectivity index (χ3n) is 5.32. The van der Waals surface area contributed by atoms with Crippen LogP contribution in [0.1, 0.15) is 129 Å². The molecular weight excluding hydrogens is 336 g/mol.